The van der Waals surface area contributed by atoms with Crippen LogP contribution >= 0.6 is 0 Å². The van der Waals surface area contributed by atoms with Gasteiger partial charge in [-0.2, -0.15) is 0 Å². The summed E-state index contributed by atoms with van der Waals surface area (Å²) in [5, 5.41) is 9.20. The average Bonchev–Trinajstić information content (AvgIpc) is 2.54. The predicted octanol–water partition coefficient (Wildman–Crippen LogP) is 1.38. The molecule has 14 heavy (non-hydrogen) atoms. The quantitative estimate of drug-likeness (QED) is 0.773. The van der Waals surface area contributed by atoms with Crippen molar-refractivity contribution in [2.45, 2.75) is 18.9 Å². The topological polar surface area (TPSA) is 38.7 Å². The number of hydrogen-bond acceptors (Lipinski definition) is 3. The van der Waals surface area contributed by atoms with Crippen molar-refractivity contribution in [1.82, 2.24) is 0 Å². The van der Waals surface area contributed by atoms with Gasteiger partial charge in [-0.15, -0.1) is 0 Å². The minimum absolute atomic E-state index is 0.0187. The van der Waals surface area contributed by atoms with Gasteiger partial charge in [-0.3, -0.25) is 0 Å². The molecule has 3 heteroatoms. The molecule has 1 heterocycles. The minimum atomic E-state index is -0.489. The first kappa shape index (κ1) is 9.34. The molecule has 1 N–H and O–H groups in total. The van der Waals surface area contributed by atoms with Gasteiger partial charge in [-0.1, -0.05) is 12.1 Å². The summed E-state index contributed by atoms with van der Waals surface area (Å²) in [7, 11) is 1.62. The van der Waals surface area contributed by atoms with Crippen LogP contribution in [0.25, 0.3) is 0 Å². The molecular weight excluding hydrogens is 180 g/mol. The minimum Gasteiger partial charge on any atom is -0.493 e. The van der Waals surface area contributed by atoms with Gasteiger partial charge in [0.25, 0.3) is 0 Å². The molecule has 1 aliphatic rings. The molecule has 0 fully saturated rings. The van der Waals surface area contributed by atoms with Crippen LogP contribution in [0.5, 0.6) is 11.5 Å². The maximum absolute atomic E-state index is 9.20. The molecule has 2 rings (SSSR count). The van der Waals surface area contributed by atoms with Gasteiger partial charge >= 0.3 is 0 Å². The standard InChI is InChI=1S/C11H14O3/c1-11(7-12)6-8-4-3-5-9(13-2)10(8)14-11/h3-5,12H,6-7H2,1-2H3. The normalized spacial score (nSPS) is 24.2. The highest BCUT2D eigenvalue weighted by Crippen LogP contribution is 2.41. The van der Waals surface area contributed by atoms with Crippen LogP contribution in [0.2, 0.25) is 0 Å². The van der Waals surface area contributed by atoms with E-state index in [4.69, 9.17) is 9.47 Å². The summed E-state index contributed by atoms with van der Waals surface area (Å²) in [5.74, 6) is 1.51. The second-order valence-corrected chi connectivity index (χ2v) is 3.84. The van der Waals surface area contributed by atoms with Crippen molar-refractivity contribution in [3.8, 4) is 11.5 Å². The average molecular weight is 194 g/mol. The first-order valence-electron chi connectivity index (χ1n) is 4.64. The molecule has 3 nitrogen and oxygen atoms in total. The lowest BCUT2D eigenvalue weighted by Crippen LogP contribution is -2.34. The lowest BCUT2D eigenvalue weighted by Gasteiger charge is -2.20. The smallest absolute Gasteiger partial charge is 0.165 e. The number of fused-ring (bicyclic) bond motifs is 1. The maximum atomic E-state index is 9.20. The van der Waals surface area contributed by atoms with Crippen LogP contribution in [-0.4, -0.2) is 24.4 Å². The third kappa shape index (κ3) is 1.34. The molecule has 0 saturated carbocycles. The van der Waals surface area contributed by atoms with Crippen LogP contribution in [0.1, 0.15) is 12.5 Å². The van der Waals surface area contributed by atoms with Gasteiger partial charge < -0.3 is 14.6 Å². The number of ether oxygens (including phenoxy) is 2. The number of rotatable bonds is 2. The van der Waals surface area contributed by atoms with Crippen molar-refractivity contribution in [3.05, 3.63) is 23.8 Å². The Morgan fingerprint density at radius 3 is 3.00 bits per heavy atom. The zero-order chi connectivity index (χ0) is 10.2. The molecule has 1 aromatic carbocycles. The van der Waals surface area contributed by atoms with Gasteiger partial charge in [0.15, 0.2) is 11.5 Å². The summed E-state index contributed by atoms with van der Waals surface area (Å²) in [6, 6.07) is 5.80. The first-order valence-corrected chi connectivity index (χ1v) is 4.64. The zero-order valence-corrected chi connectivity index (χ0v) is 8.41. The lowest BCUT2D eigenvalue weighted by atomic mass is 10.0. The van der Waals surface area contributed by atoms with Crippen molar-refractivity contribution >= 4 is 0 Å². The van der Waals surface area contributed by atoms with Crippen molar-refractivity contribution in [1.29, 1.82) is 0 Å². The number of hydrogen-bond donors (Lipinski definition) is 1. The lowest BCUT2D eigenvalue weighted by molar-refractivity contribution is 0.0429. The Morgan fingerprint density at radius 2 is 2.36 bits per heavy atom. The highest BCUT2D eigenvalue weighted by molar-refractivity contribution is 5.50. The first-order chi connectivity index (χ1) is 6.68. The van der Waals surface area contributed by atoms with Crippen LogP contribution < -0.4 is 9.47 Å². The van der Waals surface area contributed by atoms with E-state index in [0.29, 0.717) is 0 Å². The number of benzene rings is 1. The molecule has 1 atom stereocenters. The van der Waals surface area contributed by atoms with E-state index in [1.807, 2.05) is 25.1 Å². The molecule has 0 bridgehead atoms. The third-order valence-electron chi connectivity index (χ3n) is 2.53. The Morgan fingerprint density at radius 1 is 1.57 bits per heavy atom. The van der Waals surface area contributed by atoms with Gasteiger partial charge in [0.1, 0.15) is 5.60 Å². The Kier molecular flexibility index (Phi) is 2.11. The third-order valence-corrected chi connectivity index (χ3v) is 2.53. The molecule has 1 unspecified atom stereocenters. The summed E-state index contributed by atoms with van der Waals surface area (Å²) in [6.45, 7) is 1.91. The highest BCUT2D eigenvalue weighted by Gasteiger charge is 2.35. The van der Waals surface area contributed by atoms with Crippen molar-refractivity contribution in [3.63, 3.8) is 0 Å². The summed E-state index contributed by atoms with van der Waals surface area (Å²) < 4.78 is 10.9. The second-order valence-electron chi connectivity index (χ2n) is 3.84. The van der Waals surface area contributed by atoms with E-state index in [9.17, 15) is 5.11 Å². The SMILES string of the molecule is COc1cccc2c1OC(C)(CO)C2. The molecule has 0 amide bonds. The van der Waals surface area contributed by atoms with E-state index in [1.165, 1.54) is 0 Å². The van der Waals surface area contributed by atoms with Gasteiger partial charge in [-0.25, -0.2) is 0 Å². The fourth-order valence-corrected chi connectivity index (χ4v) is 1.75. The molecule has 1 aliphatic heterocycles. The summed E-state index contributed by atoms with van der Waals surface area (Å²) in [4.78, 5) is 0. The summed E-state index contributed by atoms with van der Waals surface area (Å²) >= 11 is 0. The monoisotopic (exact) mass is 194 g/mol. The van der Waals surface area contributed by atoms with Crippen LogP contribution in [0.4, 0.5) is 0 Å². The molecule has 0 aromatic heterocycles. The number of para-hydroxylation sites is 1. The number of aliphatic hydroxyl groups excluding tert-OH is 1. The summed E-state index contributed by atoms with van der Waals surface area (Å²) in [6.07, 6.45) is 0.732. The number of methoxy groups -OCH3 is 1. The summed E-state index contributed by atoms with van der Waals surface area (Å²) in [5.41, 5.74) is 0.609. The highest BCUT2D eigenvalue weighted by atomic mass is 16.5. The molecule has 0 saturated heterocycles. The largest absolute Gasteiger partial charge is 0.493 e. The van der Waals surface area contributed by atoms with Gasteiger partial charge in [0.05, 0.1) is 13.7 Å². The molecule has 0 radical (unpaired) electrons. The fourth-order valence-electron chi connectivity index (χ4n) is 1.75. The van der Waals surface area contributed by atoms with Gasteiger partial charge in [-0.05, 0) is 13.0 Å². The fraction of sp³-hybridized carbons (Fsp3) is 0.455. The van der Waals surface area contributed by atoms with E-state index in [0.717, 1.165) is 23.5 Å². The van der Waals surface area contributed by atoms with E-state index in [1.54, 1.807) is 7.11 Å². The Bertz CT molecular complexity index is 348. The van der Waals surface area contributed by atoms with Crippen LogP contribution in [-0.2, 0) is 6.42 Å². The Balaban J connectivity index is 2.39. The van der Waals surface area contributed by atoms with Crippen LogP contribution in [0.3, 0.4) is 0 Å². The van der Waals surface area contributed by atoms with Gasteiger partial charge in [0.2, 0.25) is 0 Å². The van der Waals surface area contributed by atoms with E-state index >= 15 is 0 Å². The molecule has 0 spiro atoms. The van der Waals surface area contributed by atoms with E-state index in [2.05, 4.69) is 0 Å². The van der Waals surface area contributed by atoms with E-state index in [-0.39, 0.29) is 6.61 Å². The maximum Gasteiger partial charge on any atom is 0.165 e. The zero-order valence-electron chi connectivity index (χ0n) is 8.41. The van der Waals surface area contributed by atoms with Crippen molar-refractivity contribution in [2.75, 3.05) is 13.7 Å². The number of aliphatic hydroxyl groups is 1. The van der Waals surface area contributed by atoms with Crippen molar-refractivity contribution in [2.24, 2.45) is 0 Å². The Hall–Kier alpha value is -1.22. The molecule has 1 aromatic rings. The van der Waals surface area contributed by atoms with Crippen LogP contribution in [0.15, 0.2) is 18.2 Å². The van der Waals surface area contributed by atoms with Crippen molar-refractivity contribution < 1.29 is 14.6 Å². The predicted molar refractivity (Wildman–Crippen MR) is 52.8 cm³/mol. The molecule has 76 valence electrons. The Labute approximate surface area is 83.3 Å². The second kappa shape index (κ2) is 3.17. The molecular formula is C11H14O3. The van der Waals surface area contributed by atoms with E-state index < -0.39 is 5.60 Å². The molecule has 0 aliphatic carbocycles. The van der Waals surface area contributed by atoms with Crippen LogP contribution in [0, 0.1) is 0 Å². The van der Waals surface area contributed by atoms with Gasteiger partial charge in [0, 0.05) is 12.0 Å².